The van der Waals surface area contributed by atoms with Crippen LogP contribution in [0.4, 0.5) is 0 Å². The molecule has 0 aromatic heterocycles. The van der Waals surface area contributed by atoms with Gasteiger partial charge < -0.3 is 65.1 Å². The van der Waals surface area contributed by atoms with Crippen LogP contribution in [0.1, 0.15) is 239 Å². The molecule has 1 amide bonds. The van der Waals surface area contributed by atoms with Crippen LogP contribution >= 0.6 is 0 Å². The summed E-state index contributed by atoms with van der Waals surface area (Å²) < 4.78 is 22.8. The van der Waals surface area contributed by atoms with E-state index in [1.165, 1.54) is 148 Å². The highest BCUT2D eigenvalue weighted by molar-refractivity contribution is 5.76. The summed E-state index contributed by atoms with van der Waals surface area (Å²) in [4.78, 5) is 13.3. The van der Waals surface area contributed by atoms with Crippen molar-refractivity contribution in [3.8, 4) is 0 Å². The number of unbranched alkanes of at least 4 members (excludes halogenated alkanes) is 28. The fourth-order valence-corrected chi connectivity index (χ4v) is 9.88. The maximum absolute atomic E-state index is 13.3. The third kappa shape index (κ3) is 33.9. The Morgan fingerprint density at radius 2 is 0.870 bits per heavy atom. The smallest absolute Gasteiger partial charge is 0.220 e. The summed E-state index contributed by atoms with van der Waals surface area (Å²) in [5, 5.41) is 87.1. The van der Waals surface area contributed by atoms with Crippen molar-refractivity contribution < 1.29 is 64.6 Å². The van der Waals surface area contributed by atoms with E-state index in [1.807, 2.05) is 6.08 Å². The maximum Gasteiger partial charge on any atom is 0.220 e. The Morgan fingerprint density at radius 1 is 0.468 bits per heavy atom. The fraction of sp³-hybridized carbons (Fsp3) is 0.825. The molecule has 0 aromatic rings. The molecule has 0 aromatic carbocycles. The fourth-order valence-electron chi connectivity index (χ4n) is 9.88. The zero-order valence-electron chi connectivity index (χ0n) is 48.2. The minimum absolute atomic E-state index is 0.258. The molecular formula is C63H113NO13. The first-order chi connectivity index (χ1) is 37.6. The Balaban J connectivity index is 1.79. The lowest BCUT2D eigenvalue weighted by atomic mass is 9.97. The molecule has 0 spiro atoms. The van der Waals surface area contributed by atoms with Gasteiger partial charge in [0.1, 0.15) is 48.8 Å². The number of carbonyl (C=O) groups is 1. The number of allylic oxidation sites excluding steroid dienone is 9. The average molecular weight is 1090 g/mol. The highest BCUT2D eigenvalue weighted by Crippen LogP contribution is 2.30. The minimum Gasteiger partial charge on any atom is -0.394 e. The molecular weight excluding hydrogens is 979 g/mol. The molecule has 2 rings (SSSR count). The number of hydrogen-bond acceptors (Lipinski definition) is 13. The molecule has 2 heterocycles. The summed E-state index contributed by atoms with van der Waals surface area (Å²) in [5.74, 6) is -0.258. The van der Waals surface area contributed by atoms with Crippen LogP contribution in [0.5, 0.6) is 0 Å². The first-order valence-electron chi connectivity index (χ1n) is 31.0. The Labute approximate surface area is 466 Å². The summed E-state index contributed by atoms with van der Waals surface area (Å²) in [6, 6.07) is -0.943. The molecule has 14 heteroatoms. The van der Waals surface area contributed by atoms with Gasteiger partial charge in [-0.05, 0) is 77.0 Å². The van der Waals surface area contributed by atoms with Gasteiger partial charge in [-0.1, -0.05) is 216 Å². The second-order valence-corrected chi connectivity index (χ2v) is 21.8. The molecule has 14 nitrogen and oxygen atoms in total. The van der Waals surface area contributed by atoms with Crippen LogP contribution in [0, 0.1) is 0 Å². The van der Waals surface area contributed by atoms with Crippen LogP contribution < -0.4 is 5.32 Å². The lowest BCUT2D eigenvalue weighted by Crippen LogP contribution is -2.65. The Hall–Kier alpha value is -2.31. The molecule has 9 N–H and O–H groups in total. The Bertz CT molecular complexity index is 1520. The van der Waals surface area contributed by atoms with Gasteiger partial charge >= 0.3 is 0 Å². The van der Waals surface area contributed by atoms with Crippen LogP contribution in [0.2, 0.25) is 0 Å². The highest BCUT2D eigenvalue weighted by atomic mass is 16.7. The molecule has 0 saturated carbocycles. The van der Waals surface area contributed by atoms with Gasteiger partial charge in [0.2, 0.25) is 5.91 Å². The normalized spacial score (nSPS) is 25.1. The van der Waals surface area contributed by atoms with E-state index < -0.39 is 86.8 Å². The molecule has 2 saturated heterocycles. The van der Waals surface area contributed by atoms with Crippen LogP contribution in [-0.4, -0.2) is 140 Å². The van der Waals surface area contributed by atoms with Crippen molar-refractivity contribution in [2.45, 2.75) is 312 Å². The van der Waals surface area contributed by atoms with Crippen molar-refractivity contribution in [2.75, 3.05) is 19.8 Å². The molecule has 0 aliphatic carbocycles. The van der Waals surface area contributed by atoms with E-state index in [-0.39, 0.29) is 18.9 Å². The first kappa shape index (κ1) is 70.8. The summed E-state index contributed by atoms with van der Waals surface area (Å²) in [6.07, 6.45) is 45.4. The number of hydrogen-bond donors (Lipinski definition) is 9. The standard InChI is InChI=1S/C63H113NO13/c1-3-5-7-9-11-13-15-17-19-21-23-25-27-28-30-32-34-36-38-40-42-44-46-52(67)51(50-74-62-60(73)58(71)61(54(49-66)76-62)77-63-59(72)57(70)56(69)53(48-65)75-63)64-55(68)47-45-43-41-39-37-35-33-31-29-26-24-22-20-18-16-14-12-10-8-6-4-2/h16,18,22,24,28,30,36,38,44,46,51-54,56-63,65-67,69-73H,3-15,17,19-21,23,25-27,29,31-35,37,39-43,45,47-50H2,1-2H3,(H,64,68)/b18-16-,24-22-,30-28+,38-36+,46-44+. The van der Waals surface area contributed by atoms with Gasteiger partial charge in [0.15, 0.2) is 12.6 Å². The van der Waals surface area contributed by atoms with Crippen molar-refractivity contribution in [1.82, 2.24) is 5.32 Å². The molecule has 448 valence electrons. The van der Waals surface area contributed by atoms with Crippen molar-refractivity contribution in [3.05, 3.63) is 60.8 Å². The van der Waals surface area contributed by atoms with Crippen molar-refractivity contribution in [3.63, 3.8) is 0 Å². The lowest BCUT2D eigenvalue weighted by Gasteiger charge is -2.46. The number of aliphatic hydroxyl groups excluding tert-OH is 8. The maximum atomic E-state index is 13.3. The van der Waals surface area contributed by atoms with Crippen molar-refractivity contribution >= 4 is 5.91 Å². The van der Waals surface area contributed by atoms with Gasteiger partial charge in [0.05, 0.1) is 32.0 Å². The monoisotopic (exact) mass is 1090 g/mol. The molecule has 2 fully saturated rings. The number of rotatable bonds is 49. The van der Waals surface area contributed by atoms with Gasteiger partial charge in [-0.15, -0.1) is 0 Å². The molecule has 0 radical (unpaired) electrons. The zero-order chi connectivity index (χ0) is 56.0. The van der Waals surface area contributed by atoms with Crippen LogP contribution in [0.25, 0.3) is 0 Å². The number of aliphatic hydroxyl groups is 8. The van der Waals surface area contributed by atoms with E-state index in [4.69, 9.17) is 18.9 Å². The third-order valence-electron chi connectivity index (χ3n) is 14.9. The highest BCUT2D eigenvalue weighted by Gasteiger charge is 2.51. The molecule has 77 heavy (non-hydrogen) atoms. The van der Waals surface area contributed by atoms with E-state index in [0.717, 1.165) is 57.8 Å². The minimum atomic E-state index is -1.79. The molecule has 2 aliphatic rings. The van der Waals surface area contributed by atoms with E-state index in [0.29, 0.717) is 12.8 Å². The number of nitrogens with one attached hydrogen (secondary N) is 1. The molecule has 12 atom stereocenters. The predicted molar refractivity (Wildman–Crippen MR) is 309 cm³/mol. The van der Waals surface area contributed by atoms with Crippen molar-refractivity contribution in [1.29, 1.82) is 0 Å². The summed E-state index contributed by atoms with van der Waals surface area (Å²) in [5.41, 5.74) is 0. The second-order valence-electron chi connectivity index (χ2n) is 21.8. The third-order valence-corrected chi connectivity index (χ3v) is 14.9. The first-order valence-corrected chi connectivity index (χ1v) is 31.0. The number of carbonyl (C=O) groups excluding carboxylic acids is 1. The van der Waals surface area contributed by atoms with Gasteiger partial charge in [-0.25, -0.2) is 0 Å². The van der Waals surface area contributed by atoms with E-state index in [2.05, 4.69) is 67.8 Å². The number of ether oxygens (including phenoxy) is 4. The van der Waals surface area contributed by atoms with Crippen LogP contribution in [0.3, 0.4) is 0 Å². The summed E-state index contributed by atoms with van der Waals surface area (Å²) >= 11 is 0. The lowest BCUT2D eigenvalue weighted by molar-refractivity contribution is -0.359. The van der Waals surface area contributed by atoms with Gasteiger partial charge in [0.25, 0.3) is 0 Å². The van der Waals surface area contributed by atoms with Crippen LogP contribution in [-0.2, 0) is 23.7 Å². The Morgan fingerprint density at radius 3 is 1.35 bits per heavy atom. The topological polar surface area (TPSA) is 228 Å². The van der Waals surface area contributed by atoms with Gasteiger partial charge in [-0.2, -0.15) is 0 Å². The van der Waals surface area contributed by atoms with E-state index in [1.54, 1.807) is 6.08 Å². The summed E-state index contributed by atoms with van der Waals surface area (Å²) in [6.45, 7) is 2.77. The largest absolute Gasteiger partial charge is 0.394 e. The predicted octanol–water partition coefficient (Wildman–Crippen LogP) is 10.9. The summed E-state index contributed by atoms with van der Waals surface area (Å²) in [7, 11) is 0. The Kier molecular flexibility index (Phi) is 44.5. The number of amides is 1. The quantitative estimate of drug-likeness (QED) is 0.0204. The van der Waals surface area contributed by atoms with Gasteiger partial charge in [-0.3, -0.25) is 4.79 Å². The average Bonchev–Trinajstić information content (AvgIpc) is 3.44. The second kappa shape index (κ2) is 48.4. The molecule has 0 bridgehead atoms. The van der Waals surface area contributed by atoms with E-state index >= 15 is 0 Å². The SMILES string of the molecule is CCCCCCC/C=C\C/C=C\CCCCCCCCCCCC(=O)NC(COC1OC(CO)C(OC2OC(CO)C(O)C(O)C2O)C(O)C1O)C(O)/C=C/CC/C=C/CC/C=C/CCCCCCCCCCCCCC. The van der Waals surface area contributed by atoms with E-state index in [9.17, 15) is 45.6 Å². The van der Waals surface area contributed by atoms with Gasteiger partial charge in [0, 0.05) is 6.42 Å². The van der Waals surface area contributed by atoms with Crippen LogP contribution in [0.15, 0.2) is 60.8 Å². The molecule has 2 aliphatic heterocycles. The van der Waals surface area contributed by atoms with Crippen molar-refractivity contribution in [2.24, 2.45) is 0 Å². The molecule has 12 unspecified atom stereocenters. The zero-order valence-corrected chi connectivity index (χ0v) is 48.2.